The van der Waals surface area contributed by atoms with Crippen molar-refractivity contribution in [1.82, 2.24) is 30.3 Å². The summed E-state index contributed by atoms with van der Waals surface area (Å²) in [6, 6.07) is 11.8. The number of piperazine rings is 1. The molecule has 0 amide bonds. The normalized spacial score (nSPS) is 15.5. The van der Waals surface area contributed by atoms with E-state index in [0.717, 1.165) is 62.5 Å². The van der Waals surface area contributed by atoms with Gasteiger partial charge in [0.1, 0.15) is 5.82 Å². The van der Waals surface area contributed by atoms with E-state index in [2.05, 4.69) is 41.4 Å². The molecule has 0 spiro atoms. The monoisotopic (exact) mass is 427 g/mol. The van der Waals surface area contributed by atoms with Crippen molar-refractivity contribution in [2.45, 2.75) is 13.0 Å². The summed E-state index contributed by atoms with van der Waals surface area (Å²) in [5.74, 6) is 2.98. The van der Waals surface area contributed by atoms with Crippen LogP contribution in [0.1, 0.15) is 11.4 Å². The van der Waals surface area contributed by atoms with Gasteiger partial charge in [0.25, 0.3) is 0 Å². The fourth-order valence-corrected chi connectivity index (χ4v) is 3.77. The highest BCUT2D eigenvalue weighted by Gasteiger charge is 2.19. The van der Waals surface area contributed by atoms with Crippen molar-refractivity contribution in [3.05, 3.63) is 59.1 Å². The molecule has 0 saturated carbocycles. The highest BCUT2D eigenvalue weighted by molar-refractivity contribution is 6.30. The molecule has 2 aromatic heterocycles. The molecule has 1 saturated heterocycles. The molecule has 9 heteroatoms. The standard InChI is InChI=1S/C21H26ClN7O/c1-23-21(24-8-7-19-25-20(27-26-19)18-6-3-13-30-18)29-11-9-28(10-12-29)15-16-4-2-5-17(22)14-16/h2-6,13-14H,7-12,15H2,1H3,(H,23,24)(H,25,26,27). The lowest BCUT2D eigenvalue weighted by Gasteiger charge is -2.36. The summed E-state index contributed by atoms with van der Waals surface area (Å²) in [6.45, 7) is 5.49. The Labute approximate surface area is 181 Å². The molecule has 1 aliphatic rings. The van der Waals surface area contributed by atoms with Crippen molar-refractivity contribution in [1.29, 1.82) is 0 Å². The van der Waals surface area contributed by atoms with Gasteiger partial charge < -0.3 is 14.6 Å². The summed E-state index contributed by atoms with van der Waals surface area (Å²) in [5.41, 5.74) is 1.25. The molecule has 1 aliphatic heterocycles. The van der Waals surface area contributed by atoms with Gasteiger partial charge in [-0.15, -0.1) is 0 Å². The number of aromatic amines is 1. The van der Waals surface area contributed by atoms with Crippen molar-refractivity contribution < 1.29 is 4.42 Å². The van der Waals surface area contributed by atoms with Crippen LogP contribution in [0, 0.1) is 0 Å². The maximum Gasteiger partial charge on any atom is 0.216 e. The summed E-state index contributed by atoms with van der Waals surface area (Å²) in [6.07, 6.45) is 2.34. The SMILES string of the molecule is CN=C(NCCc1nc(-c2ccco2)n[nH]1)N1CCN(Cc2cccc(Cl)c2)CC1. The predicted molar refractivity (Wildman–Crippen MR) is 117 cm³/mol. The number of aromatic nitrogens is 3. The first-order valence-corrected chi connectivity index (χ1v) is 10.5. The number of hydrogen-bond acceptors (Lipinski definition) is 5. The molecular formula is C21H26ClN7O. The predicted octanol–water partition coefficient (Wildman–Crippen LogP) is 2.65. The number of aliphatic imine (C=N–C) groups is 1. The van der Waals surface area contributed by atoms with E-state index in [1.54, 1.807) is 6.26 Å². The lowest BCUT2D eigenvalue weighted by atomic mass is 10.2. The molecule has 2 N–H and O–H groups in total. The Kier molecular flexibility index (Phi) is 6.66. The van der Waals surface area contributed by atoms with Gasteiger partial charge >= 0.3 is 0 Å². The maximum absolute atomic E-state index is 6.10. The van der Waals surface area contributed by atoms with Gasteiger partial charge in [0.15, 0.2) is 11.7 Å². The Morgan fingerprint density at radius 2 is 2.10 bits per heavy atom. The molecule has 8 nitrogen and oxygen atoms in total. The first kappa shape index (κ1) is 20.4. The number of rotatable bonds is 6. The van der Waals surface area contributed by atoms with Crippen molar-refractivity contribution in [2.24, 2.45) is 4.99 Å². The smallest absolute Gasteiger partial charge is 0.216 e. The van der Waals surface area contributed by atoms with Crippen LogP contribution in [-0.2, 0) is 13.0 Å². The van der Waals surface area contributed by atoms with Crippen LogP contribution in [0.3, 0.4) is 0 Å². The molecule has 0 bridgehead atoms. The van der Waals surface area contributed by atoms with Crippen LogP contribution in [0.2, 0.25) is 5.02 Å². The highest BCUT2D eigenvalue weighted by atomic mass is 35.5. The Hall–Kier alpha value is -2.84. The minimum absolute atomic E-state index is 0.579. The van der Waals surface area contributed by atoms with E-state index < -0.39 is 0 Å². The van der Waals surface area contributed by atoms with Gasteiger partial charge in [-0.2, -0.15) is 5.10 Å². The molecule has 0 unspecified atom stereocenters. The van der Waals surface area contributed by atoms with Gasteiger partial charge in [0.05, 0.1) is 6.26 Å². The zero-order valence-electron chi connectivity index (χ0n) is 17.0. The van der Waals surface area contributed by atoms with Gasteiger partial charge in [0.2, 0.25) is 5.82 Å². The van der Waals surface area contributed by atoms with E-state index in [1.807, 2.05) is 37.4 Å². The van der Waals surface area contributed by atoms with Crippen LogP contribution in [0.5, 0.6) is 0 Å². The van der Waals surface area contributed by atoms with Gasteiger partial charge in [-0.3, -0.25) is 15.0 Å². The Balaban J connectivity index is 1.22. The topological polar surface area (TPSA) is 85.6 Å². The number of furan rings is 1. The average molecular weight is 428 g/mol. The number of benzene rings is 1. The van der Waals surface area contributed by atoms with Crippen LogP contribution in [0.25, 0.3) is 11.6 Å². The first-order valence-electron chi connectivity index (χ1n) is 10.1. The third-order valence-electron chi connectivity index (χ3n) is 5.10. The second kappa shape index (κ2) is 9.77. The molecule has 3 aromatic rings. The summed E-state index contributed by atoms with van der Waals surface area (Å²) >= 11 is 6.10. The zero-order valence-corrected chi connectivity index (χ0v) is 17.8. The van der Waals surface area contributed by atoms with E-state index in [4.69, 9.17) is 16.0 Å². The van der Waals surface area contributed by atoms with Crippen LogP contribution in [0.4, 0.5) is 0 Å². The quantitative estimate of drug-likeness (QED) is 0.464. The zero-order chi connectivity index (χ0) is 20.8. The minimum Gasteiger partial charge on any atom is -0.461 e. The van der Waals surface area contributed by atoms with Crippen LogP contribution >= 0.6 is 11.6 Å². The Bertz CT molecular complexity index is 961. The fraction of sp³-hybridized carbons (Fsp3) is 0.381. The number of hydrogen-bond donors (Lipinski definition) is 2. The van der Waals surface area contributed by atoms with E-state index in [1.165, 1.54) is 5.56 Å². The van der Waals surface area contributed by atoms with E-state index in [0.29, 0.717) is 11.6 Å². The maximum atomic E-state index is 6.10. The Morgan fingerprint density at radius 1 is 1.23 bits per heavy atom. The average Bonchev–Trinajstić information content (AvgIpc) is 3.44. The second-order valence-electron chi connectivity index (χ2n) is 7.20. The van der Waals surface area contributed by atoms with Gasteiger partial charge in [-0.05, 0) is 29.8 Å². The summed E-state index contributed by atoms with van der Waals surface area (Å²) in [4.78, 5) is 13.7. The largest absolute Gasteiger partial charge is 0.461 e. The molecule has 4 rings (SSSR count). The van der Waals surface area contributed by atoms with Crippen molar-refractivity contribution in [3.8, 4) is 11.6 Å². The Morgan fingerprint density at radius 3 is 2.83 bits per heavy atom. The van der Waals surface area contributed by atoms with Crippen molar-refractivity contribution >= 4 is 17.6 Å². The number of nitrogens with one attached hydrogen (secondary N) is 2. The van der Waals surface area contributed by atoms with Crippen LogP contribution < -0.4 is 5.32 Å². The molecule has 0 aliphatic carbocycles. The molecule has 1 aromatic carbocycles. The lowest BCUT2D eigenvalue weighted by Crippen LogP contribution is -2.52. The first-order chi connectivity index (χ1) is 14.7. The van der Waals surface area contributed by atoms with Gasteiger partial charge in [-0.25, -0.2) is 4.98 Å². The van der Waals surface area contributed by atoms with Crippen molar-refractivity contribution in [3.63, 3.8) is 0 Å². The highest BCUT2D eigenvalue weighted by Crippen LogP contribution is 2.15. The molecule has 0 atom stereocenters. The summed E-state index contributed by atoms with van der Waals surface area (Å²) in [5, 5.41) is 11.4. The molecule has 3 heterocycles. The van der Waals surface area contributed by atoms with Crippen molar-refractivity contribution in [2.75, 3.05) is 39.8 Å². The molecule has 158 valence electrons. The molecule has 30 heavy (non-hydrogen) atoms. The minimum atomic E-state index is 0.579. The van der Waals surface area contributed by atoms with E-state index >= 15 is 0 Å². The third-order valence-corrected chi connectivity index (χ3v) is 5.33. The summed E-state index contributed by atoms with van der Waals surface area (Å²) < 4.78 is 5.33. The fourth-order valence-electron chi connectivity index (χ4n) is 3.56. The summed E-state index contributed by atoms with van der Waals surface area (Å²) in [7, 11) is 1.82. The molecule has 1 fully saturated rings. The van der Waals surface area contributed by atoms with Gasteiger partial charge in [0, 0.05) is 57.8 Å². The number of guanidine groups is 1. The third kappa shape index (κ3) is 5.20. The van der Waals surface area contributed by atoms with E-state index in [-0.39, 0.29) is 0 Å². The second-order valence-corrected chi connectivity index (χ2v) is 7.64. The van der Waals surface area contributed by atoms with Crippen LogP contribution in [0.15, 0.2) is 52.1 Å². The molecular weight excluding hydrogens is 402 g/mol. The van der Waals surface area contributed by atoms with Gasteiger partial charge in [-0.1, -0.05) is 23.7 Å². The van der Waals surface area contributed by atoms with E-state index in [9.17, 15) is 0 Å². The lowest BCUT2D eigenvalue weighted by molar-refractivity contribution is 0.172. The molecule has 0 radical (unpaired) electrons. The number of nitrogens with zero attached hydrogens (tertiary/aromatic N) is 5. The number of halogens is 1. The number of H-pyrrole nitrogens is 1. The van der Waals surface area contributed by atoms with Crippen LogP contribution in [-0.4, -0.2) is 70.7 Å².